The van der Waals surface area contributed by atoms with Crippen LogP contribution in [0.5, 0.6) is 0 Å². The third-order valence-corrected chi connectivity index (χ3v) is 4.98. The number of thiocarbonyl (C=S) groups is 1. The molecule has 0 aromatic carbocycles. The maximum absolute atomic E-state index is 12.0. The van der Waals surface area contributed by atoms with Crippen LogP contribution in [0.25, 0.3) is 0 Å². The number of pyridine rings is 1. The minimum atomic E-state index is 0.138. The fourth-order valence-electron chi connectivity index (χ4n) is 3.55. The van der Waals surface area contributed by atoms with E-state index in [-0.39, 0.29) is 5.56 Å². The summed E-state index contributed by atoms with van der Waals surface area (Å²) in [5.41, 5.74) is 1.32. The Kier molecular flexibility index (Phi) is 4.29. The summed E-state index contributed by atoms with van der Waals surface area (Å²) in [4.78, 5) is 14.3. The molecule has 114 valence electrons. The van der Waals surface area contributed by atoms with Crippen LogP contribution in [-0.2, 0) is 6.54 Å². The van der Waals surface area contributed by atoms with Gasteiger partial charge in [-0.1, -0.05) is 19.4 Å². The van der Waals surface area contributed by atoms with Gasteiger partial charge in [0.05, 0.1) is 0 Å². The van der Waals surface area contributed by atoms with Gasteiger partial charge < -0.3 is 14.8 Å². The summed E-state index contributed by atoms with van der Waals surface area (Å²) in [5, 5.41) is 4.25. The molecule has 21 heavy (non-hydrogen) atoms. The number of hydrogen-bond donors (Lipinski definition) is 1. The number of aromatic nitrogens is 1. The Morgan fingerprint density at radius 1 is 1.38 bits per heavy atom. The van der Waals surface area contributed by atoms with Gasteiger partial charge in [0.15, 0.2) is 5.11 Å². The summed E-state index contributed by atoms with van der Waals surface area (Å²) >= 11 is 5.54. The average molecular weight is 305 g/mol. The summed E-state index contributed by atoms with van der Waals surface area (Å²) in [6.45, 7) is 5.87. The normalized spacial score (nSPS) is 23.6. The number of fused-ring (bicyclic) bond motifs is 4. The summed E-state index contributed by atoms with van der Waals surface area (Å²) in [5.74, 6) is 0.958. The fraction of sp³-hybridized carbons (Fsp3) is 0.625. The van der Waals surface area contributed by atoms with Crippen LogP contribution >= 0.6 is 12.2 Å². The zero-order valence-corrected chi connectivity index (χ0v) is 13.4. The summed E-state index contributed by atoms with van der Waals surface area (Å²) in [7, 11) is 0. The second-order valence-electron chi connectivity index (χ2n) is 6.19. The Hall–Kier alpha value is -1.36. The number of nitrogens with zero attached hydrogens (tertiary/aromatic N) is 2. The smallest absolute Gasteiger partial charge is 0.250 e. The van der Waals surface area contributed by atoms with Gasteiger partial charge in [0.1, 0.15) is 0 Å². The van der Waals surface area contributed by atoms with Crippen molar-refractivity contribution >= 4 is 17.3 Å². The molecular formula is C16H23N3OS. The van der Waals surface area contributed by atoms with Gasteiger partial charge in [-0.05, 0) is 37.0 Å². The van der Waals surface area contributed by atoms with Gasteiger partial charge in [-0.3, -0.25) is 4.79 Å². The van der Waals surface area contributed by atoms with E-state index in [4.69, 9.17) is 12.2 Å². The maximum atomic E-state index is 12.0. The van der Waals surface area contributed by atoms with E-state index in [9.17, 15) is 4.79 Å². The molecule has 0 spiro atoms. The monoisotopic (exact) mass is 305 g/mol. The van der Waals surface area contributed by atoms with E-state index in [1.807, 2.05) is 10.6 Å². The average Bonchev–Trinajstić information content (AvgIpc) is 2.48. The summed E-state index contributed by atoms with van der Waals surface area (Å²) in [6, 6.07) is 5.64. The van der Waals surface area contributed by atoms with Gasteiger partial charge in [-0.25, -0.2) is 0 Å². The van der Waals surface area contributed by atoms with E-state index in [1.54, 1.807) is 6.07 Å². The molecule has 0 unspecified atom stereocenters. The van der Waals surface area contributed by atoms with Crippen LogP contribution < -0.4 is 10.9 Å². The standard InChI is InChI=1S/C16H23N3OS/c1-2-3-7-17-16(21)18-9-12-8-13(11-18)14-5-4-6-15(20)19(14)10-12/h4-6,12-13H,2-3,7-11H2,1H3,(H,17,21)/t12-,13-/m0/s1. The number of nitrogens with one attached hydrogen (secondary N) is 1. The first-order valence-electron chi connectivity index (χ1n) is 7.91. The Labute approximate surface area is 131 Å². The molecule has 0 amide bonds. The highest BCUT2D eigenvalue weighted by Gasteiger charge is 2.35. The molecule has 1 N–H and O–H groups in total. The predicted octanol–water partition coefficient (Wildman–Crippen LogP) is 1.94. The minimum absolute atomic E-state index is 0.138. The molecule has 5 heteroatoms. The van der Waals surface area contributed by atoms with Gasteiger partial charge in [-0.15, -0.1) is 0 Å². The summed E-state index contributed by atoms with van der Waals surface area (Å²) in [6.07, 6.45) is 3.51. The molecule has 1 saturated heterocycles. The molecule has 4 nitrogen and oxygen atoms in total. The van der Waals surface area contributed by atoms with Crippen LogP contribution in [-0.4, -0.2) is 34.2 Å². The van der Waals surface area contributed by atoms with Crippen molar-refractivity contribution < 1.29 is 0 Å². The van der Waals surface area contributed by atoms with E-state index in [0.717, 1.165) is 37.7 Å². The second kappa shape index (κ2) is 6.18. The van der Waals surface area contributed by atoms with Crippen molar-refractivity contribution in [2.24, 2.45) is 5.92 Å². The van der Waals surface area contributed by atoms with Crippen molar-refractivity contribution in [3.8, 4) is 0 Å². The first-order chi connectivity index (χ1) is 10.2. The molecule has 2 atom stereocenters. The zero-order chi connectivity index (χ0) is 14.8. The molecule has 2 aliphatic heterocycles. The Bertz CT molecular complexity index is 583. The molecule has 0 radical (unpaired) electrons. The van der Waals surface area contributed by atoms with E-state index in [0.29, 0.717) is 11.8 Å². The Morgan fingerprint density at radius 2 is 2.24 bits per heavy atom. The van der Waals surface area contributed by atoms with Crippen LogP contribution in [0.4, 0.5) is 0 Å². The Morgan fingerprint density at radius 3 is 3.05 bits per heavy atom. The van der Waals surface area contributed by atoms with Crippen molar-refractivity contribution in [3.63, 3.8) is 0 Å². The van der Waals surface area contributed by atoms with Crippen LogP contribution in [0.1, 0.15) is 37.8 Å². The molecule has 2 bridgehead atoms. The van der Waals surface area contributed by atoms with Gasteiger partial charge in [0.2, 0.25) is 0 Å². The molecule has 0 aliphatic carbocycles. The van der Waals surface area contributed by atoms with Gasteiger partial charge >= 0.3 is 0 Å². The highest BCUT2D eigenvalue weighted by atomic mass is 32.1. The van der Waals surface area contributed by atoms with Crippen molar-refractivity contribution in [1.29, 1.82) is 0 Å². The molecule has 2 aliphatic rings. The van der Waals surface area contributed by atoms with E-state index >= 15 is 0 Å². The lowest BCUT2D eigenvalue weighted by Gasteiger charge is -2.43. The highest BCUT2D eigenvalue weighted by molar-refractivity contribution is 7.80. The van der Waals surface area contributed by atoms with Crippen molar-refractivity contribution in [1.82, 2.24) is 14.8 Å². The quantitative estimate of drug-likeness (QED) is 0.684. The largest absolute Gasteiger partial charge is 0.363 e. The number of unbranched alkanes of at least 4 members (excludes halogenated alkanes) is 1. The highest BCUT2D eigenvalue weighted by Crippen LogP contribution is 2.34. The SMILES string of the molecule is CCCCNC(=S)N1C[C@@H]2C[C@@H](C1)c1cccc(=O)n1C2. The first kappa shape index (κ1) is 14.6. The fourth-order valence-corrected chi connectivity index (χ4v) is 3.80. The van der Waals surface area contributed by atoms with Crippen molar-refractivity contribution in [2.75, 3.05) is 19.6 Å². The lowest BCUT2D eigenvalue weighted by atomic mass is 9.83. The van der Waals surface area contributed by atoms with Crippen LogP contribution in [0, 0.1) is 5.92 Å². The molecule has 1 aromatic heterocycles. The lowest BCUT2D eigenvalue weighted by molar-refractivity contribution is 0.177. The van der Waals surface area contributed by atoms with Crippen LogP contribution in [0.3, 0.4) is 0 Å². The van der Waals surface area contributed by atoms with Gasteiger partial charge in [-0.2, -0.15) is 0 Å². The van der Waals surface area contributed by atoms with Crippen molar-refractivity contribution in [2.45, 2.75) is 38.6 Å². The zero-order valence-electron chi connectivity index (χ0n) is 12.5. The van der Waals surface area contributed by atoms with Crippen LogP contribution in [0.2, 0.25) is 0 Å². The third kappa shape index (κ3) is 2.98. The van der Waals surface area contributed by atoms with E-state index < -0.39 is 0 Å². The lowest BCUT2D eigenvalue weighted by Crippen LogP contribution is -2.51. The molecule has 3 heterocycles. The van der Waals surface area contributed by atoms with Gasteiger partial charge in [0.25, 0.3) is 5.56 Å². The van der Waals surface area contributed by atoms with E-state index in [1.165, 1.54) is 18.5 Å². The number of piperidine rings is 1. The maximum Gasteiger partial charge on any atom is 0.250 e. The van der Waals surface area contributed by atoms with Crippen LogP contribution in [0.15, 0.2) is 23.0 Å². The third-order valence-electron chi connectivity index (χ3n) is 4.57. The minimum Gasteiger partial charge on any atom is -0.363 e. The topological polar surface area (TPSA) is 37.3 Å². The molecule has 3 rings (SSSR count). The number of likely N-dealkylation sites (tertiary alicyclic amines) is 1. The predicted molar refractivity (Wildman–Crippen MR) is 88.6 cm³/mol. The summed E-state index contributed by atoms with van der Waals surface area (Å²) < 4.78 is 1.96. The molecule has 1 aromatic rings. The number of rotatable bonds is 3. The second-order valence-corrected chi connectivity index (χ2v) is 6.58. The van der Waals surface area contributed by atoms with Crippen molar-refractivity contribution in [3.05, 3.63) is 34.2 Å². The van der Waals surface area contributed by atoms with Gasteiger partial charge in [0, 0.05) is 43.9 Å². The van der Waals surface area contributed by atoms with E-state index in [2.05, 4.69) is 23.2 Å². The molecular weight excluding hydrogens is 282 g/mol. The molecule has 0 saturated carbocycles. The Balaban J connectivity index is 1.73. The number of hydrogen-bond acceptors (Lipinski definition) is 2. The molecule has 1 fully saturated rings. The first-order valence-corrected chi connectivity index (χ1v) is 8.32.